The van der Waals surface area contributed by atoms with Crippen molar-refractivity contribution < 1.29 is 52.2 Å². The average Bonchev–Trinajstić information content (AvgIpc) is 2.96. The van der Waals surface area contributed by atoms with Crippen LogP contribution in [0.3, 0.4) is 0 Å². The molecule has 0 radical (unpaired) electrons. The number of pyridine rings is 1. The van der Waals surface area contributed by atoms with Crippen LogP contribution in [-0.4, -0.2) is 4.98 Å². The summed E-state index contributed by atoms with van der Waals surface area (Å²) in [7, 11) is 0. The van der Waals surface area contributed by atoms with Crippen LogP contribution in [0, 0.1) is 12.7 Å². The van der Waals surface area contributed by atoms with Gasteiger partial charge in [0, 0.05) is 21.0 Å². The van der Waals surface area contributed by atoms with E-state index in [1.165, 1.54) is 11.3 Å². The largest absolute Gasteiger partial charge is 1.00 e. The van der Waals surface area contributed by atoms with Gasteiger partial charge >= 0.3 is 35.7 Å². The predicted octanol–water partition coefficient (Wildman–Crippen LogP) is 3.31. The van der Waals surface area contributed by atoms with Crippen LogP contribution < -0.4 is 34.7 Å². The van der Waals surface area contributed by atoms with Crippen molar-refractivity contribution in [3.63, 3.8) is 0 Å². The Hall–Kier alpha value is -1.38. The second kappa shape index (κ2) is 7.46. The molecule has 9 heteroatoms. The third-order valence-corrected chi connectivity index (χ3v) is 5.78. The van der Waals surface area contributed by atoms with Crippen LogP contribution in [0.5, 0.6) is 5.75 Å². The maximum atomic E-state index is 14.3. The third kappa shape index (κ3) is 3.50. The van der Waals surface area contributed by atoms with Gasteiger partial charge in [0.05, 0.1) is 16.3 Å². The van der Waals surface area contributed by atoms with Crippen LogP contribution in [0.4, 0.5) is 17.6 Å². The summed E-state index contributed by atoms with van der Waals surface area (Å²) >= 11 is 7.25. The quantitative estimate of drug-likeness (QED) is 0.341. The number of thiophene rings is 1. The fourth-order valence-corrected chi connectivity index (χ4v) is 4.25. The van der Waals surface area contributed by atoms with Crippen LogP contribution in [0.15, 0.2) is 36.4 Å². The number of benzene rings is 2. The van der Waals surface area contributed by atoms with Gasteiger partial charge in [-0.1, -0.05) is 35.5 Å². The van der Waals surface area contributed by atoms with Gasteiger partial charge in [0.25, 0.3) is 0 Å². The second-order valence-electron chi connectivity index (χ2n) is 6.03. The van der Waals surface area contributed by atoms with Gasteiger partial charge < -0.3 is 5.11 Å². The molecule has 0 N–H and O–H groups in total. The molecule has 2 nitrogen and oxygen atoms in total. The summed E-state index contributed by atoms with van der Waals surface area (Å²) in [5.41, 5.74) is -0.158. The molecule has 2 aromatic carbocycles. The Morgan fingerprint density at radius 1 is 1.11 bits per heavy atom. The molecule has 0 saturated heterocycles. The number of aryl methyl sites for hydroxylation is 1. The van der Waals surface area contributed by atoms with Crippen molar-refractivity contribution in [1.82, 2.24) is 4.98 Å². The number of hydrogen-bond donors (Lipinski definition) is 0. The van der Waals surface area contributed by atoms with Crippen LogP contribution >= 0.6 is 22.9 Å². The van der Waals surface area contributed by atoms with E-state index in [1.807, 2.05) is 0 Å². The van der Waals surface area contributed by atoms with Crippen molar-refractivity contribution >= 4 is 43.2 Å². The molecule has 0 spiro atoms. The van der Waals surface area contributed by atoms with Crippen molar-refractivity contribution in [3.8, 4) is 16.9 Å². The van der Waals surface area contributed by atoms with E-state index in [0.717, 1.165) is 12.1 Å². The van der Waals surface area contributed by atoms with Gasteiger partial charge in [0.15, 0.2) is 0 Å². The fourth-order valence-electron chi connectivity index (χ4n) is 2.95. The van der Waals surface area contributed by atoms with Crippen molar-refractivity contribution in [1.29, 1.82) is 0 Å². The number of halogens is 5. The third-order valence-electron chi connectivity index (χ3n) is 4.29. The van der Waals surface area contributed by atoms with Gasteiger partial charge in [0.2, 0.25) is 0 Å². The topological polar surface area (TPSA) is 36.0 Å². The number of hydrogen-bond acceptors (Lipinski definition) is 3. The van der Waals surface area contributed by atoms with Crippen molar-refractivity contribution in [3.05, 3.63) is 58.5 Å². The minimum atomic E-state index is -4.61. The molecule has 4 rings (SSSR count). The number of aromatic nitrogens is 1. The smallest absolute Gasteiger partial charge is 0.871 e. The van der Waals surface area contributed by atoms with E-state index >= 15 is 0 Å². The first-order valence-electron chi connectivity index (χ1n) is 7.73. The minimum absolute atomic E-state index is 0. The molecule has 4 aromatic rings. The summed E-state index contributed by atoms with van der Waals surface area (Å²) in [6, 6.07) is 7.25. The molecule has 0 aliphatic heterocycles. The summed E-state index contributed by atoms with van der Waals surface area (Å²) < 4.78 is 53.1. The van der Waals surface area contributed by atoms with Crippen LogP contribution in [-0.2, 0) is 6.18 Å². The fraction of sp³-hybridized carbons (Fsp3) is 0.105. The Morgan fingerprint density at radius 3 is 2.46 bits per heavy atom. The second-order valence-corrected chi connectivity index (χ2v) is 7.43. The monoisotopic (exact) mass is 433 g/mol. The van der Waals surface area contributed by atoms with Crippen molar-refractivity contribution in [2.45, 2.75) is 13.1 Å². The normalized spacial score (nSPS) is 11.8. The van der Waals surface area contributed by atoms with Crippen molar-refractivity contribution in [2.75, 3.05) is 0 Å². The first-order chi connectivity index (χ1) is 12.7. The summed E-state index contributed by atoms with van der Waals surface area (Å²) in [6.45, 7) is 1.64. The van der Waals surface area contributed by atoms with Crippen molar-refractivity contribution in [2.24, 2.45) is 0 Å². The zero-order chi connectivity index (χ0) is 19.5. The zero-order valence-electron chi connectivity index (χ0n) is 14.6. The van der Waals surface area contributed by atoms with Gasteiger partial charge in [-0.25, -0.2) is 9.37 Å². The van der Waals surface area contributed by atoms with Crippen LogP contribution in [0.25, 0.3) is 31.4 Å². The van der Waals surface area contributed by atoms with Crippen LogP contribution in [0.2, 0.25) is 5.02 Å². The number of nitrogens with zero attached hydrogens (tertiary/aromatic N) is 1. The Bertz CT molecular complexity index is 1220. The SMILES string of the molecule is Cc1nc2sc3cc(-c4ccc(C(F)(F)F)cc4F)ccc3c2c([O-])c1Cl.[Na+]. The first-order valence-corrected chi connectivity index (χ1v) is 8.93. The Morgan fingerprint density at radius 2 is 1.82 bits per heavy atom. The van der Waals surface area contributed by atoms with Gasteiger partial charge in [-0.2, -0.15) is 13.2 Å². The molecule has 2 heterocycles. The van der Waals surface area contributed by atoms with E-state index < -0.39 is 17.6 Å². The van der Waals surface area contributed by atoms with E-state index in [2.05, 4.69) is 4.98 Å². The maximum Gasteiger partial charge on any atom is 1.00 e. The first kappa shape index (κ1) is 21.3. The molecule has 0 atom stereocenters. The van der Waals surface area contributed by atoms with Gasteiger partial charge in [-0.3, -0.25) is 0 Å². The standard InChI is InChI=1S/C19H10ClF4NOS.Na/c1-8-16(20)17(26)15-12-4-2-9(6-14(12)27-18(15)25-8)11-5-3-10(7-13(11)21)19(22,23)24;/h2-7H,1H3,(H,25,26);/q;+1/p-1. The molecular formula is C19H9ClF4NNaOS. The van der Waals surface area contributed by atoms with Gasteiger partial charge in [-0.15, -0.1) is 11.3 Å². The number of alkyl halides is 3. The Balaban J connectivity index is 0.00000225. The molecule has 0 saturated carbocycles. The Labute approximate surface area is 188 Å². The number of fused-ring (bicyclic) bond motifs is 3. The molecule has 28 heavy (non-hydrogen) atoms. The van der Waals surface area contributed by atoms with Gasteiger partial charge in [0.1, 0.15) is 10.6 Å². The minimum Gasteiger partial charge on any atom is -0.871 e. The van der Waals surface area contributed by atoms with E-state index in [1.54, 1.807) is 25.1 Å². The molecular weight excluding hydrogens is 425 g/mol. The van der Waals surface area contributed by atoms with Gasteiger partial charge in [-0.05, 0) is 30.7 Å². The molecule has 0 aliphatic carbocycles. The van der Waals surface area contributed by atoms with E-state index in [-0.39, 0.29) is 45.9 Å². The predicted molar refractivity (Wildman–Crippen MR) is 96.7 cm³/mol. The van der Waals surface area contributed by atoms with E-state index in [4.69, 9.17) is 11.6 Å². The zero-order valence-corrected chi connectivity index (χ0v) is 18.2. The molecule has 0 bridgehead atoms. The summed E-state index contributed by atoms with van der Waals surface area (Å²) in [5, 5.41) is 13.5. The number of rotatable bonds is 1. The molecule has 0 unspecified atom stereocenters. The summed E-state index contributed by atoms with van der Waals surface area (Å²) in [5.74, 6) is -1.29. The molecule has 0 fully saturated rings. The molecule has 0 amide bonds. The van der Waals surface area contributed by atoms with E-state index in [9.17, 15) is 22.7 Å². The molecule has 2 aromatic heterocycles. The molecule has 0 aliphatic rings. The summed E-state index contributed by atoms with van der Waals surface area (Å²) in [4.78, 5) is 4.84. The maximum absolute atomic E-state index is 14.3. The molecule has 138 valence electrons. The van der Waals surface area contributed by atoms with Crippen LogP contribution in [0.1, 0.15) is 11.3 Å². The summed E-state index contributed by atoms with van der Waals surface area (Å²) in [6.07, 6.45) is -4.61. The van der Waals surface area contributed by atoms with E-state index in [0.29, 0.717) is 37.6 Å². The Kier molecular flexibility index (Phi) is 5.68. The average molecular weight is 434 g/mol.